The molecule has 0 spiro atoms. The fourth-order valence-electron chi connectivity index (χ4n) is 2.27. The molecule has 0 saturated heterocycles. The maximum Gasteiger partial charge on any atom is 0.264 e. The van der Waals surface area contributed by atoms with Crippen LogP contribution in [0.1, 0.15) is 11.1 Å². The number of carbonyl (C=O) groups excluding carboxylic acids is 1. The smallest absolute Gasteiger partial charge is 0.264 e. The summed E-state index contributed by atoms with van der Waals surface area (Å²) in [6.45, 7) is 3.34. The molecule has 0 aliphatic heterocycles. The summed E-state index contributed by atoms with van der Waals surface area (Å²) in [5.74, 6) is -0.710. The number of nitrogens with zero attached hydrogens (tertiary/aromatic N) is 1. The van der Waals surface area contributed by atoms with Crippen LogP contribution in [0.25, 0.3) is 0 Å². The summed E-state index contributed by atoms with van der Waals surface area (Å²) < 4.78 is 26.7. The lowest BCUT2D eigenvalue weighted by Crippen LogP contribution is -2.38. The van der Waals surface area contributed by atoms with Crippen LogP contribution in [0.4, 0.5) is 5.69 Å². The van der Waals surface area contributed by atoms with Gasteiger partial charge < -0.3 is 5.73 Å². The first-order valence-electron chi connectivity index (χ1n) is 6.75. The average molecular weight is 318 g/mol. The lowest BCUT2D eigenvalue weighted by Gasteiger charge is -2.24. The van der Waals surface area contributed by atoms with E-state index >= 15 is 0 Å². The Labute approximate surface area is 130 Å². The molecule has 22 heavy (non-hydrogen) atoms. The van der Waals surface area contributed by atoms with Crippen LogP contribution in [0.5, 0.6) is 0 Å². The van der Waals surface area contributed by atoms with Gasteiger partial charge in [0, 0.05) is 0 Å². The molecule has 2 N–H and O–H groups in total. The molecule has 0 aromatic heterocycles. The van der Waals surface area contributed by atoms with Crippen molar-refractivity contribution in [2.75, 3.05) is 10.8 Å². The van der Waals surface area contributed by atoms with E-state index < -0.39 is 22.5 Å². The second-order valence-electron chi connectivity index (χ2n) is 5.14. The van der Waals surface area contributed by atoms with E-state index in [0.717, 1.165) is 15.4 Å². The molecule has 1 amide bonds. The van der Waals surface area contributed by atoms with Gasteiger partial charge in [0.05, 0.1) is 10.6 Å². The van der Waals surface area contributed by atoms with Crippen molar-refractivity contribution >= 4 is 21.6 Å². The number of carbonyl (C=O) groups is 1. The molecule has 0 aliphatic carbocycles. The number of aryl methyl sites for hydroxylation is 2. The van der Waals surface area contributed by atoms with Gasteiger partial charge >= 0.3 is 0 Å². The summed E-state index contributed by atoms with van der Waals surface area (Å²) >= 11 is 0. The predicted octanol–water partition coefficient (Wildman–Crippen LogP) is 1.98. The minimum atomic E-state index is -3.85. The van der Waals surface area contributed by atoms with Crippen LogP contribution >= 0.6 is 0 Å². The van der Waals surface area contributed by atoms with Gasteiger partial charge in [-0.05, 0) is 49.2 Å². The Morgan fingerprint density at radius 3 is 2.09 bits per heavy atom. The van der Waals surface area contributed by atoms with Crippen LogP contribution in [0.3, 0.4) is 0 Å². The molecule has 0 bridgehead atoms. The Morgan fingerprint density at radius 2 is 1.59 bits per heavy atom. The minimum Gasteiger partial charge on any atom is -0.368 e. The minimum absolute atomic E-state index is 0.121. The standard InChI is InChI=1S/C16H18N2O3S/c1-12-8-13(2)10-14(9-12)18(11-16(17)19)22(20,21)15-6-4-3-5-7-15/h3-10H,11H2,1-2H3,(H2,17,19). The molecule has 0 saturated carbocycles. The Bertz CT molecular complexity index is 766. The Kier molecular flexibility index (Phi) is 4.51. The molecule has 2 rings (SSSR count). The van der Waals surface area contributed by atoms with E-state index in [-0.39, 0.29) is 4.90 Å². The first kappa shape index (κ1) is 16.0. The molecule has 2 aromatic carbocycles. The van der Waals surface area contributed by atoms with Gasteiger partial charge in [-0.15, -0.1) is 0 Å². The monoisotopic (exact) mass is 318 g/mol. The van der Waals surface area contributed by atoms with Gasteiger partial charge in [-0.1, -0.05) is 24.3 Å². The number of primary amides is 1. The maximum absolute atomic E-state index is 12.8. The van der Waals surface area contributed by atoms with Crippen molar-refractivity contribution in [1.29, 1.82) is 0 Å². The van der Waals surface area contributed by atoms with Crippen molar-refractivity contribution in [1.82, 2.24) is 0 Å². The van der Waals surface area contributed by atoms with Crippen LogP contribution in [0, 0.1) is 13.8 Å². The number of amides is 1. The van der Waals surface area contributed by atoms with Gasteiger partial charge in [0.2, 0.25) is 5.91 Å². The first-order chi connectivity index (χ1) is 10.3. The van der Waals surface area contributed by atoms with E-state index in [1.165, 1.54) is 12.1 Å². The molecular formula is C16H18N2O3S. The Hall–Kier alpha value is -2.34. The van der Waals surface area contributed by atoms with Crippen LogP contribution in [0.2, 0.25) is 0 Å². The largest absolute Gasteiger partial charge is 0.368 e. The van der Waals surface area contributed by atoms with Crippen LogP contribution in [0.15, 0.2) is 53.4 Å². The molecular weight excluding hydrogens is 300 g/mol. The zero-order valence-corrected chi connectivity index (χ0v) is 13.3. The molecule has 6 heteroatoms. The van der Waals surface area contributed by atoms with Gasteiger partial charge in [0.15, 0.2) is 0 Å². The predicted molar refractivity (Wildman–Crippen MR) is 86.1 cm³/mol. The quantitative estimate of drug-likeness (QED) is 0.915. The van der Waals surface area contributed by atoms with Gasteiger partial charge in [-0.25, -0.2) is 8.42 Å². The fourth-order valence-corrected chi connectivity index (χ4v) is 3.71. The lowest BCUT2D eigenvalue weighted by atomic mass is 10.1. The number of benzene rings is 2. The summed E-state index contributed by atoms with van der Waals surface area (Å²) in [7, 11) is -3.85. The third-order valence-electron chi connectivity index (χ3n) is 3.13. The highest BCUT2D eigenvalue weighted by Crippen LogP contribution is 2.25. The molecule has 0 atom stereocenters. The summed E-state index contributed by atoms with van der Waals surface area (Å²) in [6.07, 6.45) is 0. The summed E-state index contributed by atoms with van der Waals surface area (Å²) in [5, 5.41) is 0. The van der Waals surface area contributed by atoms with Crippen molar-refractivity contribution in [2.24, 2.45) is 5.73 Å². The molecule has 0 heterocycles. The van der Waals surface area contributed by atoms with Gasteiger partial charge in [-0.2, -0.15) is 0 Å². The van der Waals surface area contributed by atoms with Gasteiger partial charge in [-0.3, -0.25) is 9.10 Å². The number of nitrogens with two attached hydrogens (primary N) is 1. The van der Waals surface area contributed by atoms with Crippen molar-refractivity contribution < 1.29 is 13.2 Å². The highest BCUT2D eigenvalue weighted by Gasteiger charge is 2.26. The zero-order chi connectivity index (χ0) is 16.3. The van der Waals surface area contributed by atoms with Crippen LogP contribution < -0.4 is 10.0 Å². The molecule has 0 aliphatic rings. The fraction of sp³-hybridized carbons (Fsp3) is 0.188. The highest BCUT2D eigenvalue weighted by atomic mass is 32.2. The number of hydrogen-bond acceptors (Lipinski definition) is 3. The number of hydrogen-bond donors (Lipinski definition) is 1. The summed E-state index contributed by atoms with van der Waals surface area (Å²) in [6, 6.07) is 13.4. The summed E-state index contributed by atoms with van der Waals surface area (Å²) in [5.41, 5.74) is 7.49. The maximum atomic E-state index is 12.8. The van der Waals surface area contributed by atoms with Crippen LogP contribution in [-0.2, 0) is 14.8 Å². The second-order valence-corrected chi connectivity index (χ2v) is 7.00. The first-order valence-corrected chi connectivity index (χ1v) is 8.19. The van der Waals surface area contributed by atoms with Crippen LogP contribution in [-0.4, -0.2) is 20.9 Å². The highest BCUT2D eigenvalue weighted by molar-refractivity contribution is 7.92. The molecule has 0 unspecified atom stereocenters. The van der Waals surface area contributed by atoms with Gasteiger partial charge in [0.1, 0.15) is 6.54 Å². The molecule has 0 radical (unpaired) electrons. The van der Waals surface area contributed by atoms with E-state index in [4.69, 9.17) is 5.73 Å². The normalized spacial score (nSPS) is 11.2. The van der Waals surface area contributed by atoms with Crippen molar-refractivity contribution in [3.63, 3.8) is 0 Å². The Balaban J connectivity index is 2.58. The third kappa shape index (κ3) is 3.46. The van der Waals surface area contributed by atoms with Crippen molar-refractivity contribution in [3.8, 4) is 0 Å². The van der Waals surface area contributed by atoms with Crippen molar-refractivity contribution in [3.05, 3.63) is 59.7 Å². The number of rotatable bonds is 5. The number of anilines is 1. The second kappa shape index (κ2) is 6.19. The van der Waals surface area contributed by atoms with E-state index in [1.807, 2.05) is 19.9 Å². The number of sulfonamides is 1. The zero-order valence-electron chi connectivity index (χ0n) is 12.5. The van der Waals surface area contributed by atoms with E-state index in [0.29, 0.717) is 5.69 Å². The third-order valence-corrected chi connectivity index (χ3v) is 4.91. The topological polar surface area (TPSA) is 80.5 Å². The van der Waals surface area contributed by atoms with E-state index in [9.17, 15) is 13.2 Å². The molecule has 2 aromatic rings. The Morgan fingerprint density at radius 1 is 1.05 bits per heavy atom. The molecule has 0 fully saturated rings. The lowest BCUT2D eigenvalue weighted by molar-refractivity contribution is -0.116. The SMILES string of the molecule is Cc1cc(C)cc(N(CC(N)=O)S(=O)(=O)c2ccccc2)c1. The molecule has 116 valence electrons. The van der Waals surface area contributed by atoms with Gasteiger partial charge in [0.25, 0.3) is 10.0 Å². The van der Waals surface area contributed by atoms with E-state index in [2.05, 4.69) is 0 Å². The van der Waals surface area contributed by atoms with Crippen molar-refractivity contribution in [2.45, 2.75) is 18.7 Å². The summed E-state index contributed by atoms with van der Waals surface area (Å²) in [4.78, 5) is 11.5. The van der Waals surface area contributed by atoms with E-state index in [1.54, 1.807) is 30.3 Å². The average Bonchev–Trinajstić information content (AvgIpc) is 2.44. The molecule has 5 nitrogen and oxygen atoms in total.